The molecule has 0 N–H and O–H groups in total. The van der Waals surface area contributed by atoms with Gasteiger partial charge in [-0.1, -0.05) is 24.3 Å². The Morgan fingerprint density at radius 2 is 1.75 bits per heavy atom. The van der Waals surface area contributed by atoms with E-state index in [0.29, 0.717) is 25.4 Å². The van der Waals surface area contributed by atoms with Gasteiger partial charge in [-0.05, 0) is 49.1 Å². The minimum absolute atomic E-state index is 0.0292. The normalized spacial score (nSPS) is 16.0. The Kier molecular flexibility index (Phi) is 5.16. The molecule has 0 unspecified atom stereocenters. The van der Waals surface area contributed by atoms with E-state index < -0.39 is 15.8 Å². The molecule has 0 bridgehead atoms. The highest BCUT2D eigenvalue weighted by molar-refractivity contribution is 7.92. The molecule has 24 heavy (non-hydrogen) atoms. The van der Waals surface area contributed by atoms with Crippen molar-refractivity contribution in [1.29, 1.82) is 0 Å². The summed E-state index contributed by atoms with van der Waals surface area (Å²) in [6.45, 7) is 1.66. The standard InChI is InChI=1S/C18H20FNO3S/c19-16-5-4-8-18(13-16)24(21,22)20(17-6-2-1-3-7-17)14-15-9-11-23-12-10-15/h1-8,13,15H,9-12,14H2. The average Bonchev–Trinajstić information content (AvgIpc) is 2.61. The fourth-order valence-corrected chi connectivity index (χ4v) is 4.43. The van der Waals surface area contributed by atoms with Crippen LogP contribution in [-0.4, -0.2) is 28.2 Å². The van der Waals surface area contributed by atoms with Crippen LogP contribution >= 0.6 is 0 Å². The Morgan fingerprint density at radius 3 is 2.42 bits per heavy atom. The molecular formula is C18H20FNO3S. The van der Waals surface area contributed by atoms with E-state index in [2.05, 4.69) is 0 Å². The topological polar surface area (TPSA) is 46.6 Å². The molecule has 1 heterocycles. The summed E-state index contributed by atoms with van der Waals surface area (Å²) in [6, 6.07) is 14.1. The van der Waals surface area contributed by atoms with Crippen LogP contribution in [0.1, 0.15) is 12.8 Å². The molecule has 0 spiro atoms. The van der Waals surface area contributed by atoms with E-state index in [9.17, 15) is 12.8 Å². The first-order valence-electron chi connectivity index (χ1n) is 7.98. The Hall–Kier alpha value is -1.92. The predicted molar refractivity (Wildman–Crippen MR) is 90.9 cm³/mol. The van der Waals surface area contributed by atoms with Gasteiger partial charge in [0.2, 0.25) is 0 Å². The zero-order valence-electron chi connectivity index (χ0n) is 13.3. The lowest BCUT2D eigenvalue weighted by Gasteiger charge is -2.30. The van der Waals surface area contributed by atoms with E-state index in [0.717, 1.165) is 18.9 Å². The first-order valence-corrected chi connectivity index (χ1v) is 9.42. The summed E-state index contributed by atoms with van der Waals surface area (Å²) in [5.41, 5.74) is 0.591. The molecule has 0 saturated carbocycles. The Morgan fingerprint density at radius 1 is 1.04 bits per heavy atom. The van der Waals surface area contributed by atoms with Crippen LogP contribution in [0, 0.1) is 11.7 Å². The number of anilines is 1. The van der Waals surface area contributed by atoms with E-state index in [1.807, 2.05) is 6.07 Å². The van der Waals surface area contributed by atoms with Crippen LogP contribution in [-0.2, 0) is 14.8 Å². The summed E-state index contributed by atoms with van der Waals surface area (Å²) in [5.74, 6) is -0.336. The maximum absolute atomic E-state index is 13.5. The fraction of sp³-hybridized carbons (Fsp3) is 0.333. The van der Waals surface area contributed by atoms with Gasteiger partial charge in [0.05, 0.1) is 10.6 Å². The SMILES string of the molecule is O=S(=O)(c1cccc(F)c1)N(CC1CCOCC1)c1ccccc1. The molecule has 6 heteroatoms. The molecule has 0 atom stereocenters. The third-order valence-electron chi connectivity index (χ3n) is 4.19. The number of benzene rings is 2. The largest absolute Gasteiger partial charge is 0.381 e. The number of para-hydroxylation sites is 1. The second-order valence-corrected chi connectivity index (χ2v) is 7.75. The van der Waals surface area contributed by atoms with Crippen molar-refractivity contribution in [3.63, 3.8) is 0 Å². The minimum atomic E-state index is -3.82. The van der Waals surface area contributed by atoms with Gasteiger partial charge in [-0.25, -0.2) is 12.8 Å². The minimum Gasteiger partial charge on any atom is -0.381 e. The average molecular weight is 349 g/mol. The summed E-state index contributed by atoms with van der Waals surface area (Å²) in [7, 11) is -3.82. The first kappa shape index (κ1) is 16.9. The molecule has 0 amide bonds. The van der Waals surface area contributed by atoms with Crippen molar-refractivity contribution in [2.45, 2.75) is 17.7 Å². The van der Waals surface area contributed by atoms with Gasteiger partial charge < -0.3 is 4.74 Å². The fourth-order valence-electron chi connectivity index (χ4n) is 2.85. The van der Waals surface area contributed by atoms with Crippen molar-refractivity contribution < 1.29 is 17.5 Å². The Labute approximate surface area is 141 Å². The Bertz CT molecular complexity index is 774. The zero-order chi connectivity index (χ0) is 17.0. The molecule has 1 saturated heterocycles. The van der Waals surface area contributed by atoms with Gasteiger partial charge in [-0.15, -0.1) is 0 Å². The molecular weight excluding hydrogens is 329 g/mol. The molecule has 1 fully saturated rings. The second-order valence-electron chi connectivity index (χ2n) is 5.88. The van der Waals surface area contributed by atoms with Crippen molar-refractivity contribution >= 4 is 15.7 Å². The summed E-state index contributed by atoms with van der Waals surface area (Å²) < 4.78 is 46.4. The third-order valence-corrected chi connectivity index (χ3v) is 5.98. The number of halogens is 1. The second kappa shape index (κ2) is 7.32. The molecule has 2 aromatic rings. The van der Waals surface area contributed by atoms with E-state index >= 15 is 0 Å². The van der Waals surface area contributed by atoms with Gasteiger partial charge >= 0.3 is 0 Å². The summed E-state index contributed by atoms with van der Waals surface area (Å²) >= 11 is 0. The van der Waals surface area contributed by atoms with E-state index in [1.54, 1.807) is 24.3 Å². The van der Waals surface area contributed by atoms with Crippen LogP contribution in [0.3, 0.4) is 0 Å². The lowest BCUT2D eigenvalue weighted by atomic mass is 10.0. The first-order chi connectivity index (χ1) is 11.6. The van der Waals surface area contributed by atoms with E-state index in [-0.39, 0.29) is 10.8 Å². The van der Waals surface area contributed by atoms with Gasteiger partial charge in [-0.3, -0.25) is 4.31 Å². The molecule has 1 aliphatic rings. The van der Waals surface area contributed by atoms with Crippen LogP contribution in [0.2, 0.25) is 0 Å². The summed E-state index contributed by atoms with van der Waals surface area (Å²) in [5, 5.41) is 0. The monoisotopic (exact) mass is 349 g/mol. The van der Waals surface area contributed by atoms with Crippen molar-refractivity contribution in [2.24, 2.45) is 5.92 Å². The zero-order valence-corrected chi connectivity index (χ0v) is 14.1. The summed E-state index contributed by atoms with van der Waals surface area (Å²) in [6.07, 6.45) is 1.64. The highest BCUT2D eigenvalue weighted by atomic mass is 32.2. The number of hydrogen-bond acceptors (Lipinski definition) is 3. The van der Waals surface area contributed by atoms with Gasteiger partial charge in [0.15, 0.2) is 0 Å². The quantitative estimate of drug-likeness (QED) is 0.831. The van der Waals surface area contributed by atoms with Crippen LogP contribution in [0.4, 0.5) is 10.1 Å². The number of rotatable bonds is 5. The molecule has 0 aromatic heterocycles. The van der Waals surface area contributed by atoms with E-state index in [1.165, 1.54) is 22.5 Å². The lowest BCUT2D eigenvalue weighted by Crippen LogP contribution is -2.37. The van der Waals surface area contributed by atoms with Gasteiger partial charge in [0, 0.05) is 19.8 Å². The van der Waals surface area contributed by atoms with Crippen molar-refractivity contribution in [2.75, 3.05) is 24.1 Å². The van der Waals surface area contributed by atoms with Crippen LogP contribution in [0.25, 0.3) is 0 Å². The maximum atomic E-state index is 13.5. The van der Waals surface area contributed by atoms with Gasteiger partial charge in [-0.2, -0.15) is 0 Å². The summed E-state index contributed by atoms with van der Waals surface area (Å²) in [4.78, 5) is -0.0292. The number of hydrogen-bond donors (Lipinski definition) is 0. The molecule has 1 aliphatic heterocycles. The number of sulfonamides is 1. The highest BCUT2D eigenvalue weighted by Crippen LogP contribution is 2.27. The van der Waals surface area contributed by atoms with Gasteiger partial charge in [0.25, 0.3) is 10.0 Å². The Balaban J connectivity index is 1.97. The predicted octanol–water partition coefficient (Wildman–Crippen LogP) is 3.45. The van der Waals surface area contributed by atoms with Crippen molar-refractivity contribution in [1.82, 2.24) is 0 Å². The van der Waals surface area contributed by atoms with Gasteiger partial charge in [0.1, 0.15) is 5.82 Å². The lowest BCUT2D eigenvalue weighted by molar-refractivity contribution is 0.0691. The molecule has 0 aliphatic carbocycles. The number of nitrogens with zero attached hydrogens (tertiary/aromatic N) is 1. The molecule has 128 valence electrons. The van der Waals surface area contributed by atoms with Crippen LogP contribution in [0.5, 0.6) is 0 Å². The van der Waals surface area contributed by atoms with Crippen LogP contribution < -0.4 is 4.31 Å². The van der Waals surface area contributed by atoms with Crippen LogP contribution in [0.15, 0.2) is 59.5 Å². The molecule has 2 aromatic carbocycles. The van der Waals surface area contributed by atoms with Crippen molar-refractivity contribution in [3.8, 4) is 0 Å². The highest BCUT2D eigenvalue weighted by Gasteiger charge is 2.28. The molecule has 3 rings (SSSR count). The van der Waals surface area contributed by atoms with E-state index in [4.69, 9.17) is 4.74 Å². The smallest absolute Gasteiger partial charge is 0.264 e. The number of ether oxygens (including phenoxy) is 1. The third kappa shape index (κ3) is 3.76. The van der Waals surface area contributed by atoms with Crippen molar-refractivity contribution in [3.05, 3.63) is 60.4 Å². The molecule has 4 nitrogen and oxygen atoms in total. The maximum Gasteiger partial charge on any atom is 0.264 e. The molecule has 0 radical (unpaired) electrons.